The topological polar surface area (TPSA) is 49.2 Å². The highest BCUT2D eigenvalue weighted by atomic mass is 32.2. The van der Waals surface area contributed by atoms with Crippen molar-refractivity contribution in [3.63, 3.8) is 0 Å². The van der Waals surface area contributed by atoms with E-state index in [1.165, 1.54) is 23.1 Å². The van der Waals surface area contributed by atoms with Crippen LogP contribution in [0.15, 0.2) is 53.0 Å². The summed E-state index contributed by atoms with van der Waals surface area (Å²) in [5.41, 5.74) is 2.62. The number of benzene rings is 2. The predicted molar refractivity (Wildman–Crippen MR) is 111 cm³/mol. The van der Waals surface area contributed by atoms with Crippen LogP contribution < -0.4 is 9.47 Å². The minimum absolute atomic E-state index is 0.276. The zero-order valence-electron chi connectivity index (χ0n) is 15.6. The number of para-hydroxylation sites is 2. The van der Waals surface area contributed by atoms with Crippen LogP contribution in [-0.4, -0.2) is 28.8 Å². The molecule has 150 valence electrons. The van der Waals surface area contributed by atoms with E-state index in [9.17, 15) is 8.78 Å². The summed E-state index contributed by atoms with van der Waals surface area (Å²) in [6, 6.07) is 12.4. The van der Waals surface area contributed by atoms with Gasteiger partial charge in [0.2, 0.25) is 0 Å². The second-order valence-electron chi connectivity index (χ2n) is 6.03. The predicted octanol–water partition coefficient (Wildman–Crippen LogP) is 5.86. The van der Waals surface area contributed by atoms with Crippen molar-refractivity contribution in [2.24, 2.45) is 0 Å². The lowest BCUT2D eigenvalue weighted by Crippen LogP contribution is -2.00. The molecule has 2 aromatic carbocycles. The van der Waals surface area contributed by atoms with E-state index < -0.39 is 6.55 Å². The van der Waals surface area contributed by atoms with Crippen LogP contribution in [0.25, 0.3) is 21.6 Å². The minimum Gasteiger partial charge on any atom is -0.497 e. The van der Waals surface area contributed by atoms with Crippen LogP contribution in [0.4, 0.5) is 8.78 Å². The normalized spacial score (nSPS) is 11.3. The molecule has 29 heavy (non-hydrogen) atoms. The molecule has 9 heteroatoms. The standard InChI is InChI=1S/C20H17F2N3O2S2/c1-26-13-7-8-14(17(9-13)27-2)18-23-12(10-28-18)11-29-20-24-15-5-3-4-6-16(15)25(20)19(21)22/h3-10,19H,11H2,1-2H3. The van der Waals surface area contributed by atoms with E-state index in [2.05, 4.69) is 9.97 Å². The van der Waals surface area contributed by atoms with Gasteiger partial charge in [-0.05, 0) is 24.3 Å². The Bertz CT molecular complexity index is 1140. The van der Waals surface area contributed by atoms with Gasteiger partial charge in [0.25, 0.3) is 0 Å². The molecule has 0 saturated heterocycles. The number of alkyl halides is 2. The van der Waals surface area contributed by atoms with Crippen LogP contribution in [0, 0.1) is 0 Å². The molecule has 0 saturated carbocycles. The number of thioether (sulfide) groups is 1. The van der Waals surface area contributed by atoms with Gasteiger partial charge in [0.15, 0.2) is 5.16 Å². The van der Waals surface area contributed by atoms with Crippen molar-refractivity contribution >= 4 is 34.1 Å². The molecule has 4 rings (SSSR count). The highest BCUT2D eigenvalue weighted by Gasteiger charge is 2.18. The molecule has 0 unspecified atom stereocenters. The van der Waals surface area contributed by atoms with Crippen molar-refractivity contribution in [3.05, 3.63) is 53.5 Å². The van der Waals surface area contributed by atoms with Crippen molar-refractivity contribution in [1.82, 2.24) is 14.5 Å². The maximum absolute atomic E-state index is 13.6. The maximum Gasteiger partial charge on any atom is 0.321 e. The Morgan fingerprint density at radius 2 is 1.93 bits per heavy atom. The number of imidazole rings is 1. The van der Waals surface area contributed by atoms with Gasteiger partial charge in [-0.2, -0.15) is 8.78 Å². The first-order chi connectivity index (χ1) is 14.1. The summed E-state index contributed by atoms with van der Waals surface area (Å²) in [4.78, 5) is 8.99. The van der Waals surface area contributed by atoms with E-state index in [0.717, 1.165) is 20.8 Å². The molecular formula is C20H17F2N3O2S2. The van der Waals surface area contributed by atoms with Gasteiger partial charge in [-0.15, -0.1) is 11.3 Å². The van der Waals surface area contributed by atoms with Gasteiger partial charge in [-0.3, -0.25) is 4.57 Å². The van der Waals surface area contributed by atoms with E-state index in [1.807, 2.05) is 17.5 Å². The fraction of sp³-hybridized carbons (Fsp3) is 0.200. The lowest BCUT2D eigenvalue weighted by Gasteiger charge is -2.08. The first kappa shape index (κ1) is 19.7. The Morgan fingerprint density at radius 1 is 1.10 bits per heavy atom. The summed E-state index contributed by atoms with van der Waals surface area (Å²) >= 11 is 2.72. The van der Waals surface area contributed by atoms with Crippen molar-refractivity contribution in [2.45, 2.75) is 17.5 Å². The summed E-state index contributed by atoms with van der Waals surface area (Å²) < 4.78 is 38.7. The fourth-order valence-corrected chi connectivity index (χ4v) is 4.78. The average Bonchev–Trinajstić information content (AvgIpc) is 3.35. The molecule has 0 aliphatic carbocycles. The second kappa shape index (κ2) is 8.38. The van der Waals surface area contributed by atoms with Crippen LogP contribution >= 0.6 is 23.1 Å². The number of ether oxygens (including phenoxy) is 2. The zero-order valence-corrected chi connectivity index (χ0v) is 17.3. The van der Waals surface area contributed by atoms with E-state index in [1.54, 1.807) is 44.6 Å². The van der Waals surface area contributed by atoms with Gasteiger partial charge in [0.1, 0.15) is 16.5 Å². The summed E-state index contributed by atoms with van der Waals surface area (Å²) in [6.07, 6.45) is 0. The van der Waals surface area contributed by atoms with Crippen LogP contribution in [-0.2, 0) is 5.75 Å². The van der Waals surface area contributed by atoms with E-state index in [0.29, 0.717) is 28.3 Å². The molecule has 0 spiro atoms. The number of nitrogens with zero attached hydrogens (tertiary/aromatic N) is 3. The number of hydrogen-bond donors (Lipinski definition) is 0. The molecule has 0 fully saturated rings. The van der Waals surface area contributed by atoms with Crippen molar-refractivity contribution < 1.29 is 18.3 Å². The summed E-state index contributed by atoms with van der Waals surface area (Å²) in [6.45, 7) is -2.65. The first-order valence-electron chi connectivity index (χ1n) is 8.65. The highest BCUT2D eigenvalue weighted by molar-refractivity contribution is 7.98. The Hall–Kier alpha value is -2.65. The smallest absolute Gasteiger partial charge is 0.321 e. The number of rotatable bonds is 7. The van der Waals surface area contributed by atoms with Gasteiger partial charge >= 0.3 is 6.55 Å². The first-order valence-corrected chi connectivity index (χ1v) is 10.5. The molecule has 2 aromatic heterocycles. The minimum atomic E-state index is -2.65. The highest BCUT2D eigenvalue weighted by Crippen LogP contribution is 2.36. The SMILES string of the molecule is COc1ccc(-c2nc(CSc3nc4ccccc4n3C(F)F)cs2)c(OC)c1. The third-order valence-electron chi connectivity index (χ3n) is 4.30. The summed E-state index contributed by atoms with van der Waals surface area (Å²) in [7, 11) is 3.19. The molecule has 0 bridgehead atoms. The van der Waals surface area contributed by atoms with Gasteiger partial charge < -0.3 is 9.47 Å². The molecule has 0 aliphatic heterocycles. The van der Waals surface area contributed by atoms with Crippen molar-refractivity contribution in [1.29, 1.82) is 0 Å². The molecule has 0 atom stereocenters. The van der Waals surface area contributed by atoms with Gasteiger partial charge in [0, 0.05) is 17.2 Å². The Kier molecular flexibility index (Phi) is 5.68. The second-order valence-corrected chi connectivity index (χ2v) is 7.83. The molecule has 0 aliphatic rings. The number of aromatic nitrogens is 3. The lowest BCUT2D eigenvalue weighted by atomic mass is 10.2. The molecule has 0 N–H and O–H groups in total. The van der Waals surface area contributed by atoms with Gasteiger partial charge in [-0.25, -0.2) is 9.97 Å². The van der Waals surface area contributed by atoms with Crippen LogP contribution in [0.2, 0.25) is 0 Å². The molecule has 0 radical (unpaired) electrons. The maximum atomic E-state index is 13.6. The third kappa shape index (κ3) is 3.92. The summed E-state index contributed by atoms with van der Waals surface area (Å²) in [5, 5.41) is 2.99. The van der Waals surface area contributed by atoms with Crippen molar-refractivity contribution in [2.75, 3.05) is 14.2 Å². The zero-order chi connectivity index (χ0) is 20.4. The van der Waals surface area contributed by atoms with Gasteiger partial charge in [-0.1, -0.05) is 23.9 Å². The number of thiazole rings is 1. The molecular weight excluding hydrogens is 416 g/mol. The quantitative estimate of drug-likeness (QED) is 0.342. The van der Waals surface area contributed by atoms with Crippen LogP contribution in [0.3, 0.4) is 0 Å². The van der Waals surface area contributed by atoms with Gasteiger partial charge in [0.05, 0.1) is 36.5 Å². The third-order valence-corrected chi connectivity index (χ3v) is 6.21. The van der Waals surface area contributed by atoms with E-state index >= 15 is 0 Å². The monoisotopic (exact) mass is 433 g/mol. The lowest BCUT2D eigenvalue weighted by molar-refractivity contribution is 0.0656. The van der Waals surface area contributed by atoms with Crippen LogP contribution in [0.5, 0.6) is 11.5 Å². The number of hydrogen-bond acceptors (Lipinski definition) is 6. The summed E-state index contributed by atoms with van der Waals surface area (Å²) in [5.74, 6) is 1.80. The van der Waals surface area contributed by atoms with Crippen molar-refractivity contribution in [3.8, 4) is 22.1 Å². The Labute approximate surface area is 174 Å². The average molecular weight is 434 g/mol. The molecule has 0 amide bonds. The van der Waals surface area contributed by atoms with Crippen LogP contribution in [0.1, 0.15) is 12.2 Å². The largest absolute Gasteiger partial charge is 0.497 e. The van der Waals surface area contributed by atoms with E-state index in [4.69, 9.17) is 9.47 Å². The Balaban J connectivity index is 1.57. The fourth-order valence-electron chi connectivity index (χ4n) is 2.92. The molecule has 5 nitrogen and oxygen atoms in total. The number of halogens is 2. The Morgan fingerprint density at radius 3 is 2.69 bits per heavy atom. The number of fused-ring (bicyclic) bond motifs is 1. The molecule has 2 heterocycles. The number of methoxy groups -OCH3 is 2. The molecule has 4 aromatic rings. The van der Waals surface area contributed by atoms with E-state index in [-0.39, 0.29) is 5.16 Å².